The van der Waals surface area contributed by atoms with Crippen molar-refractivity contribution < 1.29 is 14.4 Å². The van der Waals surface area contributed by atoms with Crippen molar-refractivity contribution in [2.75, 3.05) is 5.01 Å². The van der Waals surface area contributed by atoms with Crippen LogP contribution in [0.2, 0.25) is 0 Å². The van der Waals surface area contributed by atoms with Gasteiger partial charge < -0.3 is 0 Å². The molecule has 0 atom stereocenters. The van der Waals surface area contributed by atoms with Crippen molar-refractivity contribution in [1.82, 2.24) is 9.99 Å². The highest BCUT2D eigenvalue weighted by molar-refractivity contribution is 6.03. The molecule has 0 unspecified atom stereocenters. The van der Waals surface area contributed by atoms with Gasteiger partial charge in [-0.15, -0.1) is 0 Å². The second-order valence-electron chi connectivity index (χ2n) is 4.57. The van der Waals surface area contributed by atoms with E-state index in [2.05, 4.69) is 4.98 Å². The molecule has 0 fully saturated rings. The fourth-order valence-electron chi connectivity index (χ4n) is 2.10. The normalized spacial score (nSPS) is 10.2. The molecule has 1 heterocycles. The maximum absolute atomic E-state index is 11.9. The van der Waals surface area contributed by atoms with Crippen molar-refractivity contribution in [2.45, 2.75) is 20.8 Å². The van der Waals surface area contributed by atoms with Gasteiger partial charge in [-0.1, -0.05) is 24.3 Å². The third-order valence-electron chi connectivity index (χ3n) is 2.93. The van der Waals surface area contributed by atoms with Gasteiger partial charge in [-0.25, -0.2) is 4.98 Å². The molecule has 21 heavy (non-hydrogen) atoms. The van der Waals surface area contributed by atoms with Gasteiger partial charge in [0.05, 0.1) is 0 Å². The molecular weight excluding hydrogens is 270 g/mol. The predicted octanol–water partition coefficient (Wildman–Crippen LogP) is 1.90. The first kappa shape index (κ1) is 14.6. The first-order valence-corrected chi connectivity index (χ1v) is 6.38. The Balaban J connectivity index is 2.57. The Labute approximate surface area is 121 Å². The number of imide groups is 1. The van der Waals surface area contributed by atoms with Crippen LogP contribution in [0.3, 0.4) is 0 Å². The molecule has 0 N–H and O–H groups in total. The smallest absolute Gasteiger partial charge is 0.245 e. The first-order valence-electron chi connectivity index (χ1n) is 6.38. The summed E-state index contributed by atoms with van der Waals surface area (Å²) < 4.78 is 0. The fourth-order valence-corrected chi connectivity index (χ4v) is 2.10. The zero-order valence-corrected chi connectivity index (χ0v) is 12.0. The number of pyridine rings is 1. The second-order valence-corrected chi connectivity index (χ2v) is 4.57. The van der Waals surface area contributed by atoms with E-state index in [9.17, 15) is 14.4 Å². The Kier molecular flexibility index (Phi) is 3.98. The predicted molar refractivity (Wildman–Crippen MR) is 78.1 cm³/mol. The van der Waals surface area contributed by atoms with Crippen LogP contribution in [0.15, 0.2) is 36.5 Å². The molecule has 0 aliphatic carbocycles. The molecule has 6 heteroatoms. The summed E-state index contributed by atoms with van der Waals surface area (Å²) in [7, 11) is 0. The largest absolute Gasteiger partial charge is 0.273 e. The highest BCUT2D eigenvalue weighted by Gasteiger charge is 2.27. The van der Waals surface area contributed by atoms with E-state index >= 15 is 0 Å². The summed E-state index contributed by atoms with van der Waals surface area (Å²) in [6.07, 6.45) is 1.60. The number of amides is 3. The molecule has 1 aromatic carbocycles. The Morgan fingerprint density at radius 3 is 2.00 bits per heavy atom. The molecule has 0 saturated carbocycles. The van der Waals surface area contributed by atoms with E-state index in [0.29, 0.717) is 0 Å². The minimum atomic E-state index is -0.548. The molecule has 0 spiro atoms. The van der Waals surface area contributed by atoms with Crippen LogP contribution in [-0.4, -0.2) is 27.7 Å². The second kappa shape index (κ2) is 5.70. The number of aromatic nitrogens is 1. The zero-order chi connectivity index (χ0) is 15.6. The van der Waals surface area contributed by atoms with Crippen LogP contribution in [0.25, 0.3) is 10.8 Å². The van der Waals surface area contributed by atoms with Crippen LogP contribution in [0, 0.1) is 0 Å². The number of carbonyl (C=O) groups is 3. The standard InChI is InChI=1S/C15H15N3O3/c1-10(19)17(11(2)20)18(12(3)21)15-8-13-6-4-5-7-14(13)9-16-15/h4-9H,1-3H3. The quantitative estimate of drug-likeness (QED) is 0.750. The van der Waals surface area contributed by atoms with E-state index in [0.717, 1.165) is 20.8 Å². The minimum Gasteiger partial charge on any atom is -0.273 e. The molecule has 3 amide bonds. The number of nitrogens with zero attached hydrogens (tertiary/aromatic N) is 3. The van der Waals surface area contributed by atoms with Crippen LogP contribution >= 0.6 is 0 Å². The molecule has 0 aliphatic rings. The Bertz CT molecular complexity index is 713. The van der Waals surface area contributed by atoms with Gasteiger partial charge in [0.15, 0.2) is 5.82 Å². The van der Waals surface area contributed by atoms with Gasteiger partial charge in [0.25, 0.3) is 0 Å². The molecule has 6 nitrogen and oxygen atoms in total. The number of benzene rings is 1. The van der Waals surface area contributed by atoms with Crippen LogP contribution < -0.4 is 5.01 Å². The monoisotopic (exact) mass is 285 g/mol. The average molecular weight is 285 g/mol. The SMILES string of the molecule is CC(=O)N(C(C)=O)N(C(C)=O)c1cc2ccccc2cn1. The lowest BCUT2D eigenvalue weighted by Gasteiger charge is -2.29. The molecule has 2 rings (SSSR count). The summed E-state index contributed by atoms with van der Waals surface area (Å²) >= 11 is 0. The Morgan fingerprint density at radius 2 is 1.48 bits per heavy atom. The van der Waals surface area contributed by atoms with Gasteiger partial charge in [0, 0.05) is 32.4 Å². The number of hydrogen-bond acceptors (Lipinski definition) is 4. The number of anilines is 1. The van der Waals surface area contributed by atoms with E-state index in [4.69, 9.17) is 0 Å². The number of fused-ring (bicyclic) bond motifs is 1. The Hall–Kier alpha value is -2.76. The van der Waals surface area contributed by atoms with Crippen LogP contribution in [0.4, 0.5) is 5.82 Å². The zero-order valence-electron chi connectivity index (χ0n) is 12.0. The topological polar surface area (TPSA) is 70.6 Å². The maximum atomic E-state index is 11.9. The van der Waals surface area contributed by atoms with Crippen molar-refractivity contribution in [3.63, 3.8) is 0 Å². The summed E-state index contributed by atoms with van der Waals surface area (Å²) in [5.74, 6) is -1.34. The molecule has 1 aromatic heterocycles. The molecule has 0 aliphatic heterocycles. The minimum absolute atomic E-state index is 0.228. The lowest BCUT2D eigenvalue weighted by molar-refractivity contribution is -0.146. The van der Waals surface area contributed by atoms with Crippen molar-refractivity contribution in [3.8, 4) is 0 Å². The lowest BCUT2D eigenvalue weighted by Crippen LogP contribution is -2.51. The van der Waals surface area contributed by atoms with Crippen LogP contribution in [0.1, 0.15) is 20.8 Å². The van der Waals surface area contributed by atoms with E-state index in [1.807, 2.05) is 24.3 Å². The van der Waals surface area contributed by atoms with Crippen LogP contribution in [-0.2, 0) is 14.4 Å². The van der Waals surface area contributed by atoms with Gasteiger partial charge in [-0.05, 0) is 11.5 Å². The number of rotatable bonds is 1. The van der Waals surface area contributed by atoms with Crippen molar-refractivity contribution in [3.05, 3.63) is 36.5 Å². The third kappa shape index (κ3) is 2.89. The molecule has 2 aromatic rings. The molecular formula is C15H15N3O3. The van der Waals surface area contributed by atoms with Crippen LogP contribution in [0.5, 0.6) is 0 Å². The number of carbonyl (C=O) groups excluding carboxylic acids is 3. The van der Waals surface area contributed by atoms with Gasteiger partial charge in [0.1, 0.15) is 0 Å². The van der Waals surface area contributed by atoms with E-state index in [1.54, 1.807) is 12.3 Å². The summed E-state index contributed by atoms with van der Waals surface area (Å²) in [5.41, 5.74) is 0. The van der Waals surface area contributed by atoms with Gasteiger partial charge in [-0.3, -0.25) is 14.4 Å². The van der Waals surface area contributed by atoms with E-state index in [1.165, 1.54) is 20.8 Å². The average Bonchev–Trinajstić information content (AvgIpc) is 2.42. The fraction of sp³-hybridized carbons (Fsp3) is 0.200. The van der Waals surface area contributed by atoms with Crippen molar-refractivity contribution in [1.29, 1.82) is 0 Å². The highest BCUT2D eigenvalue weighted by Crippen LogP contribution is 2.21. The summed E-state index contributed by atoms with van der Waals surface area (Å²) in [6.45, 7) is 3.71. The molecule has 0 radical (unpaired) electrons. The van der Waals surface area contributed by atoms with E-state index < -0.39 is 17.7 Å². The number of hydrogen-bond donors (Lipinski definition) is 0. The van der Waals surface area contributed by atoms with Crippen molar-refractivity contribution in [2.24, 2.45) is 0 Å². The number of hydrazine groups is 1. The summed E-state index contributed by atoms with van der Waals surface area (Å²) in [4.78, 5) is 39.3. The van der Waals surface area contributed by atoms with Gasteiger partial charge in [0.2, 0.25) is 17.7 Å². The molecule has 0 saturated heterocycles. The lowest BCUT2D eigenvalue weighted by atomic mass is 10.2. The highest BCUT2D eigenvalue weighted by atomic mass is 16.2. The van der Waals surface area contributed by atoms with Gasteiger partial charge >= 0.3 is 0 Å². The molecule has 108 valence electrons. The van der Waals surface area contributed by atoms with E-state index in [-0.39, 0.29) is 5.82 Å². The molecule has 0 bridgehead atoms. The van der Waals surface area contributed by atoms with Crippen molar-refractivity contribution >= 4 is 34.3 Å². The summed E-state index contributed by atoms with van der Waals surface area (Å²) in [5, 5.41) is 3.53. The van der Waals surface area contributed by atoms with Gasteiger partial charge in [-0.2, -0.15) is 10.0 Å². The summed E-state index contributed by atoms with van der Waals surface area (Å²) in [6, 6.07) is 9.15. The maximum Gasteiger partial charge on any atom is 0.245 e. The third-order valence-corrected chi connectivity index (χ3v) is 2.93. The first-order chi connectivity index (χ1) is 9.91. The Morgan fingerprint density at radius 1 is 0.905 bits per heavy atom.